The summed E-state index contributed by atoms with van der Waals surface area (Å²) in [5.74, 6) is 0.0751. The Hall–Kier alpha value is -1.58. The van der Waals surface area contributed by atoms with Gasteiger partial charge in [-0.05, 0) is 29.9 Å². The number of nitro groups is 1. The van der Waals surface area contributed by atoms with Gasteiger partial charge in [0.15, 0.2) is 5.75 Å². The first-order valence-corrected chi connectivity index (χ1v) is 5.78. The molecule has 94 valence electrons. The van der Waals surface area contributed by atoms with E-state index in [1.54, 1.807) is 0 Å². The molecule has 4 nitrogen and oxygen atoms in total. The molecule has 0 saturated heterocycles. The minimum atomic E-state index is -0.521. The number of phenols is 1. The highest BCUT2D eigenvalue weighted by atomic mass is 16.6. The van der Waals surface area contributed by atoms with Gasteiger partial charge in [0.1, 0.15) is 0 Å². The summed E-state index contributed by atoms with van der Waals surface area (Å²) in [6, 6.07) is 1.49. The lowest BCUT2D eigenvalue weighted by molar-refractivity contribution is -0.386. The predicted molar refractivity (Wildman–Crippen MR) is 67.7 cm³/mol. The van der Waals surface area contributed by atoms with Gasteiger partial charge in [0.05, 0.1) is 4.92 Å². The van der Waals surface area contributed by atoms with Crippen LogP contribution in [0.2, 0.25) is 0 Å². The standard InChI is InChI=1S/C13H19NO3/c1-7(2)10-6-11(14(16)17)13(15)12(8(3)4)9(10)5/h6-8,15H,1-5H3. The fraction of sp³-hybridized carbons (Fsp3) is 0.538. The Morgan fingerprint density at radius 2 is 1.76 bits per heavy atom. The van der Waals surface area contributed by atoms with E-state index in [0.29, 0.717) is 5.56 Å². The van der Waals surface area contributed by atoms with Crippen LogP contribution in [-0.4, -0.2) is 10.0 Å². The van der Waals surface area contributed by atoms with Gasteiger partial charge in [0.25, 0.3) is 0 Å². The molecule has 0 heterocycles. The van der Waals surface area contributed by atoms with Crippen molar-refractivity contribution in [2.75, 3.05) is 0 Å². The van der Waals surface area contributed by atoms with Crippen molar-refractivity contribution >= 4 is 5.69 Å². The Morgan fingerprint density at radius 1 is 1.24 bits per heavy atom. The zero-order chi connectivity index (χ0) is 13.3. The van der Waals surface area contributed by atoms with E-state index in [0.717, 1.165) is 11.1 Å². The zero-order valence-corrected chi connectivity index (χ0v) is 10.9. The lowest BCUT2D eigenvalue weighted by atomic mass is 9.88. The summed E-state index contributed by atoms with van der Waals surface area (Å²) in [6.45, 7) is 9.75. The monoisotopic (exact) mass is 237 g/mol. The normalized spacial score (nSPS) is 11.2. The number of nitrogens with zero attached hydrogens (tertiary/aromatic N) is 1. The SMILES string of the molecule is Cc1c(C(C)C)cc([N+](=O)[O-])c(O)c1C(C)C. The third kappa shape index (κ3) is 2.40. The lowest BCUT2D eigenvalue weighted by Crippen LogP contribution is -2.03. The van der Waals surface area contributed by atoms with E-state index in [2.05, 4.69) is 0 Å². The highest BCUT2D eigenvalue weighted by molar-refractivity contribution is 5.59. The minimum Gasteiger partial charge on any atom is -0.502 e. The van der Waals surface area contributed by atoms with Crippen molar-refractivity contribution in [3.05, 3.63) is 32.9 Å². The highest BCUT2D eigenvalue weighted by Gasteiger charge is 2.24. The topological polar surface area (TPSA) is 63.4 Å². The third-order valence-electron chi connectivity index (χ3n) is 3.02. The van der Waals surface area contributed by atoms with Crippen molar-refractivity contribution in [1.82, 2.24) is 0 Å². The van der Waals surface area contributed by atoms with Gasteiger partial charge in [-0.15, -0.1) is 0 Å². The Bertz CT molecular complexity index is 450. The van der Waals surface area contributed by atoms with Crippen molar-refractivity contribution < 1.29 is 10.0 Å². The average molecular weight is 237 g/mol. The van der Waals surface area contributed by atoms with E-state index in [1.807, 2.05) is 34.6 Å². The maximum atomic E-state index is 10.9. The van der Waals surface area contributed by atoms with Crippen molar-refractivity contribution in [1.29, 1.82) is 0 Å². The lowest BCUT2D eigenvalue weighted by Gasteiger charge is -2.18. The van der Waals surface area contributed by atoms with Crippen LogP contribution < -0.4 is 0 Å². The maximum Gasteiger partial charge on any atom is 0.311 e. The van der Waals surface area contributed by atoms with E-state index in [4.69, 9.17) is 0 Å². The second-order valence-corrected chi connectivity index (χ2v) is 4.94. The molecule has 4 heteroatoms. The predicted octanol–water partition coefficient (Wildman–Crippen LogP) is 3.86. The molecule has 0 aliphatic heterocycles. The molecule has 0 amide bonds. The number of hydrogen-bond acceptors (Lipinski definition) is 3. The fourth-order valence-corrected chi connectivity index (χ4v) is 2.24. The van der Waals surface area contributed by atoms with Gasteiger partial charge in [-0.3, -0.25) is 10.1 Å². The molecule has 0 fully saturated rings. The molecule has 1 aromatic rings. The summed E-state index contributed by atoms with van der Waals surface area (Å²) in [5.41, 5.74) is 2.38. The number of benzene rings is 1. The van der Waals surface area contributed by atoms with Gasteiger partial charge in [-0.25, -0.2) is 0 Å². The summed E-state index contributed by atoms with van der Waals surface area (Å²) < 4.78 is 0. The smallest absolute Gasteiger partial charge is 0.311 e. The van der Waals surface area contributed by atoms with Crippen LogP contribution in [0.25, 0.3) is 0 Å². The van der Waals surface area contributed by atoms with Crippen LogP contribution in [0.5, 0.6) is 5.75 Å². The van der Waals surface area contributed by atoms with Crippen LogP contribution in [-0.2, 0) is 0 Å². The first kappa shape index (κ1) is 13.5. The summed E-state index contributed by atoms with van der Waals surface area (Å²) in [4.78, 5) is 10.4. The van der Waals surface area contributed by atoms with Crippen molar-refractivity contribution in [2.24, 2.45) is 0 Å². The molecule has 0 radical (unpaired) electrons. The summed E-state index contributed by atoms with van der Waals surface area (Å²) in [5, 5.41) is 20.9. The first-order valence-electron chi connectivity index (χ1n) is 5.78. The molecular weight excluding hydrogens is 218 g/mol. The van der Waals surface area contributed by atoms with Crippen molar-refractivity contribution in [2.45, 2.75) is 46.5 Å². The molecule has 0 unspecified atom stereocenters. The van der Waals surface area contributed by atoms with E-state index in [-0.39, 0.29) is 23.3 Å². The number of aromatic hydroxyl groups is 1. The molecule has 0 aromatic heterocycles. The molecule has 0 saturated carbocycles. The minimum absolute atomic E-state index is 0.0624. The Labute approximate surface area is 101 Å². The fourth-order valence-electron chi connectivity index (χ4n) is 2.24. The van der Waals surface area contributed by atoms with Crippen molar-refractivity contribution in [3.63, 3.8) is 0 Å². The Kier molecular flexibility index (Phi) is 3.76. The molecule has 1 rings (SSSR count). The van der Waals surface area contributed by atoms with E-state index < -0.39 is 4.92 Å². The number of nitro benzene ring substituents is 1. The van der Waals surface area contributed by atoms with Gasteiger partial charge in [-0.1, -0.05) is 27.7 Å². The van der Waals surface area contributed by atoms with E-state index in [1.165, 1.54) is 6.07 Å². The summed E-state index contributed by atoms with van der Waals surface area (Å²) in [7, 11) is 0. The van der Waals surface area contributed by atoms with Gasteiger partial charge in [-0.2, -0.15) is 0 Å². The van der Waals surface area contributed by atoms with Crippen molar-refractivity contribution in [3.8, 4) is 5.75 Å². The van der Waals surface area contributed by atoms with Gasteiger partial charge in [0, 0.05) is 11.6 Å². The van der Waals surface area contributed by atoms with Gasteiger partial charge >= 0.3 is 5.69 Å². The molecule has 17 heavy (non-hydrogen) atoms. The highest BCUT2D eigenvalue weighted by Crippen LogP contribution is 2.40. The quantitative estimate of drug-likeness (QED) is 0.641. The van der Waals surface area contributed by atoms with Gasteiger partial charge in [0.2, 0.25) is 0 Å². The molecule has 1 aromatic carbocycles. The summed E-state index contributed by atoms with van der Waals surface area (Å²) in [6.07, 6.45) is 0. The Balaban J connectivity index is 3.63. The van der Waals surface area contributed by atoms with Crippen LogP contribution in [0.4, 0.5) is 5.69 Å². The second kappa shape index (κ2) is 4.73. The number of hydrogen-bond donors (Lipinski definition) is 1. The number of phenolic OH excluding ortho intramolecular Hbond substituents is 1. The molecule has 1 N–H and O–H groups in total. The molecule has 0 bridgehead atoms. The number of rotatable bonds is 3. The zero-order valence-electron chi connectivity index (χ0n) is 10.9. The van der Waals surface area contributed by atoms with Crippen LogP contribution in [0.1, 0.15) is 56.2 Å². The molecule has 0 spiro atoms. The molecular formula is C13H19NO3. The van der Waals surface area contributed by atoms with Crippen LogP contribution in [0.15, 0.2) is 6.07 Å². The Morgan fingerprint density at radius 3 is 2.12 bits per heavy atom. The molecule has 0 aliphatic carbocycles. The largest absolute Gasteiger partial charge is 0.502 e. The van der Waals surface area contributed by atoms with E-state index >= 15 is 0 Å². The second-order valence-electron chi connectivity index (χ2n) is 4.94. The third-order valence-corrected chi connectivity index (χ3v) is 3.02. The van der Waals surface area contributed by atoms with Crippen LogP contribution in [0, 0.1) is 17.0 Å². The van der Waals surface area contributed by atoms with Crippen LogP contribution >= 0.6 is 0 Å². The maximum absolute atomic E-state index is 10.9. The average Bonchev–Trinajstić information content (AvgIpc) is 2.15. The van der Waals surface area contributed by atoms with Gasteiger partial charge < -0.3 is 5.11 Å². The van der Waals surface area contributed by atoms with E-state index in [9.17, 15) is 15.2 Å². The first-order chi connectivity index (χ1) is 7.77. The summed E-state index contributed by atoms with van der Waals surface area (Å²) >= 11 is 0. The molecule has 0 atom stereocenters. The van der Waals surface area contributed by atoms with Crippen LogP contribution in [0.3, 0.4) is 0 Å². The molecule has 0 aliphatic rings.